The van der Waals surface area contributed by atoms with E-state index >= 15 is 0 Å². The van der Waals surface area contributed by atoms with Gasteiger partial charge in [0.25, 0.3) is 0 Å². The predicted octanol–water partition coefficient (Wildman–Crippen LogP) is 18.4. The highest BCUT2D eigenvalue weighted by molar-refractivity contribution is 6.13. The van der Waals surface area contributed by atoms with Crippen molar-refractivity contribution in [3.63, 3.8) is 0 Å². The molecule has 0 saturated carbocycles. The third-order valence-electron chi connectivity index (χ3n) is 13.3. The molecular formula is C64H41NO2. The van der Waals surface area contributed by atoms with Crippen LogP contribution in [0.4, 0.5) is 17.1 Å². The molecule has 0 bridgehead atoms. The maximum atomic E-state index is 6.45. The summed E-state index contributed by atoms with van der Waals surface area (Å²) in [5.74, 6) is 0. The highest BCUT2D eigenvalue weighted by Gasteiger charge is 2.20. The van der Waals surface area contributed by atoms with Gasteiger partial charge in [0.05, 0.1) is 5.69 Å². The van der Waals surface area contributed by atoms with Gasteiger partial charge in [-0.15, -0.1) is 0 Å². The topological polar surface area (TPSA) is 29.5 Å². The van der Waals surface area contributed by atoms with Gasteiger partial charge in [-0.05, 0) is 134 Å². The SMILES string of the molecule is c1ccc(-c2ccc(-c3ccc(N(c4ccc(-c5cccc6oc7ccccc7c56)cc4)c4ccccc4-c4ccc5oc6cc7ccccc7cc6c5c4)cc3)cc2-c2ccccc2)cc1. The molecule has 0 spiro atoms. The smallest absolute Gasteiger partial charge is 0.136 e. The Bertz CT molecular complexity index is 3960. The zero-order valence-corrected chi connectivity index (χ0v) is 36.4. The minimum atomic E-state index is 0.877. The first-order chi connectivity index (χ1) is 33.2. The van der Waals surface area contributed by atoms with Gasteiger partial charge in [0.15, 0.2) is 0 Å². The average molecular weight is 856 g/mol. The second-order valence-corrected chi connectivity index (χ2v) is 17.2. The van der Waals surface area contributed by atoms with Gasteiger partial charge in [-0.1, -0.05) is 176 Å². The van der Waals surface area contributed by atoms with Gasteiger partial charge in [-0.25, -0.2) is 0 Å². The fraction of sp³-hybridized carbons (Fsp3) is 0. The molecule has 67 heavy (non-hydrogen) atoms. The Morgan fingerprint density at radius 3 is 1.57 bits per heavy atom. The molecule has 11 aromatic carbocycles. The molecular weight excluding hydrogens is 815 g/mol. The van der Waals surface area contributed by atoms with Crippen LogP contribution in [0.3, 0.4) is 0 Å². The first kappa shape index (κ1) is 38.5. The summed E-state index contributed by atoms with van der Waals surface area (Å²) < 4.78 is 12.7. The number of rotatable bonds is 8. The zero-order valence-electron chi connectivity index (χ0n) is 36.4. The molecule has 13 aromatic rings. The summed E-state index contributed by atoms with van der Waals surface area (Å²) >= 11 is 0. The highest BCUT2D eigenvalue weighted by atomic mass is 16.3. The van der Waals surface area contributed by atoms with E-state index in [0.717, 1.165) is 94.3 Å². The van der Waals surface area contributed by atoms with Crippen LogP contribution in [0, 0.1) is 0 Å². The molecule has 0 N–H and O–H groups in total. The second kappa shape index (κ2) is 16.0. The van der Waals surface area contributed by atoms with Gasteiger partial charge in [0, 0.05) is 38.5 Å². The van der Waals surface area contributed by atoms with Crippen molar-refractivity contribution in [3.05, 3.63) is 249 Å². The maximum absolute atomic E-state index is 6.45. The Morgan fingerprint density at radius 2 is 0.791 bits per heavy atom. The molecule has 2 aromatic heterocycles. The van der Waals surface area contributed by atoms with E-state index in [1.165, 1.54) is 33.0 Å². The van der Waals surface area contributed by atoms with Crippen molar-refractivity contribution in [3.8, 4) is 55.6 Å². The summed E-state index contributed by atoms with van der Waals surface area (Å²) in [6.07, 6.45) is 0. The third-order valence-corrected chi connectivity index (χ3v) is 13.3. The molecule has 0 atom stereocenters. The van der Waals surface area contributed by atoms with Crippen molar-refractivity contribution in [1.29, 1.82) is 0 Å². The minimum absolute atomic E-state index is 0.877. The van der Waals surface area contributed by atoms with E-state index < -0.39 is 0 Å². The van der Waals surface area contributed by atoms with Gasteiger partial charge >= 0.3 is 0 Å². The molecule has 2 heterocycles. The standard InChI is InChI=1S/C64H41NO2/c1-3-14-43(15-4-1)52-36-30-48(38-56(52)44-16-5-2-6-17-44)42-26-32-50(33-27-42)65(51-34-28-45(29-35-51)54-22-13-25-62-64(54)55-21-10-12-24-60(55)66-62)59-23-11-9-20-53(59)49-31-37-61-57(40-49)58-39-46-18-7-8-19-47(46)41-63(58)67-61/h1-41H. The number of para-hydroxylation sites is 2. The number of hydrogen-bond acceptors (Lipinski definition) is 3. The van der Waals surface area contributed by atoms with E-state index in [1.807, 2.05) is 12.1 Å². The quantitative estimate of drug-likeness (QED) is 0.152. The van der Waals surface area contributed by atoms with Crippen LogP contribution in [0.25, 0.3) is 110 Å². The number of nitrogens with zero attached hydrogens (tertiary/aromatic N) is 1. The monoisotopic (exact) mass is 855 g/mol. The van der Waals surface area contributed by atoms with E-state index in [1.54, 1.807) is 0 Å². The fourth-order valence-corrected chi connectivity index (χ4v) is 10.0. The zero-order chi connectivity index (χ0) is 44.3. The van der Waals surface area contributed by atoms with Crippen LogP contribution in [-0.2, 0) is 0 Å². The molecule has 0 amide bonds. The number of benzene rings is 11. The highest BCUT2D eigenvalue weighted by Crippen LogP contribution is 2.45. The second-order valence-electron chi connectivity index (χ2n) is 17.2. The first-order valence-corrected chi connectivity index (χ1v) is 22.8. The Labute approximate surface area is 388 Å². The van der Waals surface area contributed by atoms with Gasteiger partial charge in [-0.2, -0.15) is 0 Å². The largest absolute Gasteiger partial charge is 0.456 e. The number of fused-ring (bicyclic) bond motifs is 7. The summed E-state index contributed by atoms with van der Waals surface area (Å²) in [5, 5.41) is 6.83. The molecule has 0 fully saturated rings. The van der Waals surface area contributed by atoms with Gasteiger partial charge in [-0.3, -0.25) is 0 Å². The van der Waals surface area contributed by atoms with Crippen molar-refractivity contribution in [1.82, 2.24) is 0 Å². The third kappa shape index (κ3) is 6.76. The molecule has 3 nitrogen and oxygen atoms in total. The molecule has 3 heteroatoms. The van der Waals surface area contributed by atoms with E-state index in [-0.39, 0.29) is 0 Å². The fourth-order valence-electron chi connectivity index (χ4n) is 10.0. The van der Waals surface area contributed by atoms with Crippen LogP contribution in [0.15, 0.2) is 258 Å². The summed E-state index contributed by atoms with van der Waals surface area (Å²) in [7, 11) is 0. The maximum Gasteiger partial charge on any atom is 0.136 e. The van der Waals surface area contributed by atoms with E-state index in [0.29, 0.717) is 0 Å². The lowest BCUT2D eigenvalue weighted by atomic mass is 9.91. The van der Waals surface area contributed by atoms with Crippen molar-refractivity contribution in [2.24, 2.45) is 0 Å². The summed E-state index contributed by atoms with van der Waals surface area (Å²) in [5.41, 5.74) is 18.4. The molecule has 314 valence electrons. The van der Waals surface area contributed by atoms with Gasteiger partial charge in [0.2, 0.25) is 0 Å². The van der Waals surface area contributed by atoms with E-state index in [2.05, 4.69) is 241 Å². The summed E-state index contributed by atoms with van der Waals surface area (Å²) in [6.45, 7) is 0. The van der Waals surface area contributed by atoms with Gasteiger partial charge in [0.1, 0.15) is 22.3 Å². The normalized spacial score (nSPS) is 11.6. The Balaban J connectivity index is 0.944. The molecule has 0 aliphatic heterocycles. The number of hydrogen-bond donors (Lipinski definition) is 0. The Kier molecular flexibility index (Phi) is 9.17. The Hall–Kier alpha value is -8.92. The van der Waals surface area contributed by atoms with Crippen LogP contribution in [0.2, 0.25) is 0 Å². The molecule has 0 saturated heterocycles. The van der Waals surface area contributed by atoms with E-state index in [9.17, 15) is 0 Å². The van der Waals surface area contributed by atoms with Crippen LogP contribution in [-0.4, -0.2) is 0 Å². The molecule has 0 unspecified atom stereocenters. The average Bonchev–Trinajstić information content (AvgIpc) is 3.96. The van der Waals surface area contributed by atoms with Crippen LogP contribution < -0.4 is 4.90 Å². The van der Waals surface area contributed by atoms with E-state index in [4.69, 9.17) is 8.83 Å². The lowest BCUT2D eigenvalue weighted by Gasteiger charge is -2.28. The van der Waals surface area contributed by atoms with Crippen molar-refractivity contribution < 1.29 is 8.83 Å². The van der Waals surface area contributed by atoms with Crippen LogP contribution in [0.1, 0.15) is 0 Å². The van der Waals surface area contributed by atoms with Crippen LogP contribution >= 0.6 is 0 Å². The molecule has 0 aliphatic carbocycles. The van der Waals surface area contributed by atoms with Crippen molar-refractivity contribution in [2.75, 3.05) is 4.90 Å². The van der Waals surface area contributed by atoms with Crippen molar-refractivity contribution in [2.45, 2.75) is 0 Å². The Morgan fingerprint density at radius 1 is 0.254 bits per heavy atom. The molecule has 13 rings (SSSR count). The minimum Gasteiger partial charge on any atom is -0.456 e. The first-order valence-electron chi connectivity index (χ1n) is 22.8. The van der Waals surface area contributed by atoms with Gasteiger partial charge < -0.3 is 13.7 Å². The number of furan rings is 2. The lowest BCUT2D eigenvalue weighted by molar-refractivity contribution is 0.669. The molecule has 0 aliphatic rings. The number of anilines is 3. The predicted molar refractivity (Wildman–Crippen MR) is 280 cm³/mol. The lowest BCUT2D eigenvalue weighted by Crippen LogP contribution is -2.11. The summed E-state index contributed by atoms with van der Waals surface area (Å²) in [4.78, 5) is 2.38. The van der Waals surface area contributed by atoms with Crippen LogP contribution in [0.5, 0.6) is 0 Å². The molecule has 0 radical (unpaired) electrons. The van der Waals surface area contributed by atoms with Crippen molar-refractivity contribution >= 4 is 71.7 Å². The summed E-state index contributed by atoms with van der Waals surface area (Å²) in [6, 6.07) is 89.0.